The molecule has 0 amide bonds. The largest absolute Gasteiger partial charge is 0.417 e. The third kappa shape index (κ3) is 9.51. The lowest BCUT2D eigenvalue weighted by molar-refractivity contribution is -0.144. The van der Waals surface area contributed by atoms with Crippen LogP contribution in [0.3, 0.4) is 0 Å². The van der Waals surface area contributed by atoms with Gasteiger partial charge in [-0.3, -0.25) is 4.98 Å². The summed E-state index contributed by atoms with van der Waals surface area (Å²) in [7, 11) is 0. The van der Waals surface area contributed by atoms with E-state index in [0.29, 0.717) is 107 Å². The number of rotatable bonds is 8. The molecule has 4 aromatic heterocycles. The van der Waals surface area contributed by atoms with Crippen LogP contribution in [0.1, 0.15) is 22.3 Å². The molecule has 0 fully saturated rings. The molecule has 6 nitrogen and oxygen atoms in total. The number of hydrogen-bond acceptors (Lipinski definition) is 4. The van der Waals surface area contributed by atoms with Crippen LogP contribution in [0.4, 0.5) is 52.7 Å². The van der Waals surface area contributed by atoms with Crippen molar-refractivity contribution in [1.29, 1.82) is 0 Å². The van der Waals surface area contributed by atoms with Gasteiger partial charge in [-0.1, -0.05) is 121 Å². The van der Waals surface area contributed by atoms with Gasteiger partial charge in [-0.15, -0.1) is 0 Å². The predicted molar refractivity (Wildman–Crippen MR) is 299 cm³/mol. The lowest BCUT2D eigenvalue weighted by Gasteiger charge is -2.17. The third-order valence-corrected chi connectivity index (χ3v) is 14.7. The van der Waals surface area contributed by atoms with Crippen LogP contribution in [0.5, 0.6) is 0 Å². The Kier molecular flexibility index (Phi) is 12.6. The fourth-order valence-corrected chi connectivity index (χ4v) is 11.0. The highest BCUT2D eigenvalue weighted by Crippen LogP contribution is 2.46. The van der Waals surface area contributed by atoms with Gasteiger partial charge >= 0.3 is 24.7 Å². The molecule has 414 valence electrons. The van der Waals surface area contributed by atoms with E-state index in [2.05, 4.69) is 0 Å². The summed E-state index contributed by atoms with van der Waals surface area (Å²) in [5, 5.41) is 2.21. The Balaban J connectivity index is 1.03. The smallest absolute Gasteiger partial charge is 0.309 e. The molecule has 0 radical (unpaired) electrons. The predicted octanol–water partition coefficient (Wildman–Crippen LogP) is 19.5. The molecule has 0 aliphatic heterocycles. The molecule has 0 aliphatic rings. The van der Waals surface area contributed by atoms with Gasteiger partial charge in [0.2, 0.25) is 0 Å². The van der Waals surface area contributed by atoms with E-state index in [-0.39, 0.29) is 29.1 Å². The van der Waals surface area contributed by atoms with Crippen LogP contribution in [0, 0.1) is 0 Å². The number of pyridine rings is 1. The first-order valence-electron chi connectivity index (χ1n) is 25.8. The molecule has 0 unspecified atom stereocenters. The maximum atomic E-state index is 14.7. The van der Waals surface area contributed by atoms with Crippen molar-refractivity contribution in [3.8, 4) is 79.0 Å². The fourth-order valence-electron chi connectivity index (χ4n) is 11.0. The SMILES string of the molecule is FC(F)(F)c1ccc(-c2ccc3c(c2)c2ccccc2n3-c2ccnc(-c3cc(-c4nc(-c5ccccc5)nc(-c5ccccc5)n4)ccc3-n3c4ccccc4c4cc(-c5ccc(C(F)(F)F)cc5C(F)(F)F)ccc43)c2)c(C(F)(F)F)c1. The maximum absolute atomic E-state index is 14.7. The van der Waals surface area contributed by atoms with E-state index in [0.717, 1.165) is 12.1 Å². The van der Waals surface area contributed by atoms with E-state index in [1.54, 1.807) is 60.8 Å². The molecule has 0 aliphatic carbocycles. The quantitative estimate of drug-likeness (QED) is 0.142. The first-order valence-corrected chi connectivity index (χ1v) is 25.8. The average molecular weight is 1140 g/mol. The first kappa shape index (κ1) is 53.2. The molecule has 0 atom stereocenters. The summed E-state index contributed by atoms with van der Waals surface area (Å²) in [6.45, 7) is 0. The Hall–Kier alpha value is -10.1. The standard InChI is InChI=1S/C66H36F12N6/c67-63(68,69)42-22-24-45(52(34-42)65(73,74)75)39-19-26-57-49(31-39)47-15-7-9-17-55(47)83(57)44-29-30-79-54(36-44)51-33-41(62-81-60(37-11-3-1-4-12-37)80-61(82-62)38-13-5-2-6-14-38)21-28-59(51)84-56-18-10-8-16-48(56)50-32-40(20-27-58(50)84)46-25-23-43(64(70,71)72)35-53(46)66(76,77)78/h1-36H. The van der Waals surface area contributed by atoms with E-state index >= 15 is 0 Å². The van der Waals surface area contributed by atoms with Crippen LogP contribution in [0.2, 0.25) is 0 Å². The molecule has 4 heterocycles. The van der Waals surface area contributed by atoms with E-state index in [1.165, 1.54) is 24.3 Å². The Bertz CT molecular complexity index is 4670. The number of nitrogens with zero attached hydrogens (tertiary/aromatic N) is 6. The van der Waals surface area contributed by atoms with Crippen molar-refractivity contribution in [1.82, 2.24) is 29.1 Å². The normalized spacial score (nSPS) is 12.5. The summed E-state index contributed by atoms with van der Waals surface area (Å²) < 4.78 is 174. The molecule has 0 bridgehead atoms. The highest BCUT2D eigenvalue weighted by Gasteiger charge is 2.40. The van der Waals surface area contributed by atoms with Gasteiger partial charge in [0.1, 0.15) is 0 Å². The van der Waals surface area contributed by atoms with Crippen molar-refractivity contribution < 1.29 is 52.7 Å². The van der Waals surface area contributed by atoms with E-state index in [9.17, 15) is 52.7 Å². The first-order chi connectivity index (χ1) is 40.2. The molecular weight excluding hydrogens is 1100 g/mol. The second kappa shape index (κ2) is 19.8. The van der Waals surface area contributed by atoms with Gasteiger partial charge in [0.25, 0.3) is 0 Å². The van der Waals surface area contributed by atoms with Crippen LogP contribution < -0.4 is 0 Å². The number of hydrogen-bond donors (Lipinski definition) is 0. The minimum Gasteiger partial charge on any atom is -0.309 e. The van der Waals surface area contributed by atoms with Crippen molar-refractivity contribution >= 4 is 43.6 Å². The van der Waals surface area contributed by atoms with Gasteiger partial charge in [0.05, 0.1) is 55.7 Å². The highest BCUT2D eigenvalue weighted by atomic mass is 19.4. The zero-order valence-corrected chi connectivity index (χ0v) is 43.0. The van der Waals surface area contributed by atoms with Crippen LogP contribution in [0.25, 0.3) is 123 Å². The average Bonchev–Trinajstić information content (AvgIpc) is 2.58. The van der Waals surface area contributed by atoms with Gasteiger partial charge in [0, 0.05) is 55.7 Å². The number of fused-ring (bicyclic) bond motifs is 6. The van der Waals surface area contributed by atoms with Crippen LogP contribution in [-0.2, 0) is 24.7 Å². The van der Waals surface area contributed by atoms with Crippen LogP contribution in [-0.4, -0.2) is 29.1 Å². The lowest BCUT2D eigenvalue weighted by atomic mass is 9.95. The molecular formula is C66H36F12N6. The van der Waals surface area contributed by atoms with Crippen molar-refractivity contribution in [3.63, 3.8) is 0 Å². The zero-order chi connectivity index (χ0) is 58.5. The fraction of sp³-hybridized carbons (Fsp3) is 0.0606. The summed E-state index contributed by atoms with van der Waals surface area (Å²) in [4.78, 5) is 19.8. The van der Waals surface area contributed by atoms with Gasteiger partial charge < -0.3 is 9.13 Å². The second-order valence-corrected chi connectivity index (χ2v) is 19.9. The summed E-state index contributed by atoms with van der Waals surface area (Å²) >= 11 is 0. The van der Waals surface area contributed by atoms with Gasteiger partial charge in [0.15, 0.2) is 17.5 Å². The van der Waals surface area contributed by atoms with E-state index < -0.39 is 58.1 Å². The number of benzene rings is 9. The Morgan fingerprint density at radius 1 is 0.298 bits per heavy atom. The van der Waals surface area contributed by atoms with Gasteiger partial charge in [-0.25, -0.2) is 15.0 Å². The van der Waals surface area contributed by atoms with Crippen molar-refractivity contribution in [2.24, 2.45) is 0 Å². The van der Waals surface area contributed by atoms with Crippen molar-refractivity contribution in [2.45, 2.75) is 24.7 Å². The molecule has 0 saturated heterocycles. The minimum absolute atomic E-state index is 0.0214. The third-order valence-electron chi connectivity index (χ3n) is 14.7. The molecule has 9 aromatic carbocycles. The van der Waals surface area contributed by atoms with Crippen molar-refractivity contribution in [2.75, 3.05) is 0 Å². The topological polar surface area (TPSA) is 61.4 Å². The molecule has 18 heteroatoms. The molecule has 13 rings (SSSR count). The highest BCUT2D eigenvalue weighted by molar-refractivity contribution is 6.12. The molecule has 0 saturated carbocycles. The Labute approximate surface area is 468 Å². The monoisotopic (exact) mass is 1140 g/mol. The zero-order valence-electron chi connectivity index (χ0n) is 43.0. The summed E-state index contributed by atoms with van der Waals surface area (Å²) in [5.41, 5.74) is -0.416. The molecule has 0 N–H and O–H groups in total. The number of halogens is 12. The molecule has 0 spiro atoms. The number of aromatic nitrogens is 6. The van der Waals surface area contributed by atoms with Crippen LogP contribution in [0.15, 0.2) is 219 Å². The minimum atomic E-state index is -5.14. The Morgan fingerprint density at radius 3 is 1.21 bits per heavy atom. The molecule has 84 heavy (non-hydrogen) atoms. The summed E-state index contributed by atoms with van der Waals surface area (Å²) in [5.74, 6) is 1.05. The Morgan fingerprint density at radius 2 is 0.726 bits per heavy atom. The molecule has 13 aromatic rings. The summed E-state index contributed by atoms with van der Waals surface area (Å²) in [6.07, 6.45) is -18.7. The number of para-hydroxylation sites is 2. The van der Waals surface area contributed by atoms with Gasteiger partial charge in [-0.05, 0) is 113 Å². The van der Waals surface area contributed by atoms with E-state index in [4.69, 9.17) is 19.9 Å². The van der Waals surface area contributed by atoms with E-state index in [1.807, 2.05) is 106 Å². The summed E-state index contributed by atoms with van der Waals surface area (Å²) in [6, 6.07) is 54.3. The second-order valence-electron chi connectivity index (χ2n) is 19.9. The van der Waals surface area contributed by atoms with Crippen LogP contribution >= 0.6 is 0 Å². The van der Waals surface area contributed by atoms with Crippen molar-refractivity contribution in [3.05, 3.63) is 241 Å². The number of alkyl halides is 12. The van der Waals surface area contributed by atoms with Gasteiger partial charge in [-0.2, -0.15) is 52.7 Å². The maximum Gasteiger partial charge on any atom is 0.417 e. The lowest BCUT2D eigenvalue weighted by Crippen LogP contribution is -2.12.